The van der Waals surface area contributed by atoms with Gasteiger partial charge >= 0.3 is 18.1 Å². The van der Waals surface area contributed by atoms with Crippen LogP contribution < -0.4 is 0 Å². The predicted octanol–water partition coefficient (Wildman–Crippen LogP) is 2.26. The maximum atomic E-state index is 12.7. The Balaban J connectivity index is 3.15. The molecule has 0 bridgehead atoms. The highest BCUT2D eigenvalue weighted by molar-refractivity contribution is 5.76. The number of ether oxygens (including phenoxy) is 1. The van der Waals surface area contributed by atoms with E-state index < -0.39 is 24.0 Å². The van der Waals surface area contributed by atoms with E-state index >= 15 is 0 Å². The number of rotatable bonds is 0. The van der Waals surface area contributed by atoms with E-state index in [1.54, 1.807) is 0 Å². The fourth-order valence-corrected chi connectivity index (χ4v) is 0.786. The summed E-state index contributed by atoms with van der Waals surface area (Å²) in [4.78, 5) is 2.10. The predicted molar refractivity (Wildman–Crippen MR) is 29.0 cm³/mol. The van der Waals surface area contributed by atoms with Crippen molar-refractivity contribution in [3.63, 3.8) is 0 Å². The first-order valence-corrected chi connectivity index (χ1v) is 2.99. The van der Waals surface area contributed by atoms with Gasteiger partial charge in [-0.1, -0.05) is 0 Å². The normalized spacial score (nSPS) is 32.7. The molecule has 1 aliphatic heterocycles. The Morgan fingerprint density at radius 3 is 1.85 bits per heavy atom. The molecule has 1 rings (SSSR count). The van der Waals surface area contributed by atoms with Gasteiger partial charge in [-0.15, -0.1) is 0 Å². The first-order chi connectivity index (χ1) is 5.60. The second kappa shape index (κ2) is 2.30. The van der Waals surface area contributed by atoms with E-state index in [-0.39, 0.29) is 0 Å². The molecule has 1 atom stereocenters. The zero-order chi connectivity index (χ0) is 10.5. The Bertz CT molecular complexity index is 258. The van der Waals surface area contributed by atoms with Gasteiger partial charge in [-0.05, 0) is 0 Å². The summed E-state index contributed by atoms with van der Waals surface area (Å²) in [6.07, 6.45) is -10.8. The van der Waals surface area contributed by atoms with Gasteiger partial charge in [-0.25, -0.2) is 0 Å². The lowest BCUT2D eigenvalue weighted by Gasteiger charge is -2.24. The van der Waals surface area contributed by atoms with Crippen LogP contribution in [-0.2, 0) is 4.74 Å². The van der Waals surface area contributed by atoms with Crippen molar-refractivity contribution in [3.8, 4) is 0 Å². The van der Waals surface area contributed by atoms with Gasteiger partial charge in [0.15, 0.2) is 5.90 Å². The average molecular weight is 207 g/mol. The van der Waals surface area contributed by atoms with Crippen LogP contribution in [0.4, 0.5) is 26.3 Å². The second-order valence-corrected chi connectivity index (χ2v) is 2.37. The minimum absolute atomic E-state index is 0.709. The molecule has 1 aliphatic rings. The summed E-state index contributed by atoms with van der Waals surface area (Å²) in [5.41, 5.74) is 0. The van der Waals surface area contributed by atoms with Crippen LogP contribution >= 0.6 is 0 Å². The van der Waals surface area contributed by atoms with Crippen molar-refractivity contribution >= 4 is 5.90 Å². The molecule has 76 valence electrons. The van der Waals surface area contributed by atoms with Gasteiger partial charge in [0.25, 0.3) is 0 Å². The lowest BCUT2D eigenvalue weighted by Crippen LogP contribution is -2.51. The molecule has 0 aromatic rings. The van der Waals surface area contributed by atoms with E-state index in [9.17, 15) is 26.3 Å². The van der Waals surface area contributed by atoms with E-state index in [1.807, 2.05) is 0 Å². The molecule has 8 heteroatoms. The van der Waals surface area contributed by atoms with Crippen molar-refractivity contribution in [2.24, 2.45) is 4.99 Å². The molecule has 0 N–H and O–H groups in total. The molecule has 1 unspecified atom stereocenters. The number of alkyl halides is 6. The molecule has 0 saturated heterocycles. The molecule has 0 radical (unpaired) electrons. The Kier molecular flexibility index (Phi) is 1.79. The van der Waals surface area contributed by atoms with Crippen LogP contribution in [0.3, 0.4) is 0 Å². The SMILES string of the molecule is CC1=NC(F)(C(F)(F)F)C(F)(F)O1. The standard InChI is InChI=1S/C5H3F6NO/c1-2-12-3(6,4(7,8)9)5(10,11)13-2/h1H3. The van der Waals surface area contributed by atoms with Gasteiger partial charge in [0.05, 0.1) is 0 Å². The molecule has 0 aliphatic carbocycles. The van der Waals surface area contributed by atoms with Gasteiger partial charge in [-0.3, -0.25) is 0 Å². The third-order valence-corrected chi connectivity index (χ3v) is 1.35. The minimum Gasteiger partial charge on any atom is -0.415 e. The molecule has 0 aromatic carbocycles. The van der Waals surface area contributed by atoms with Gasteiger partial charge in [0.2, 0.25) is 0 Å². The molecular formula is C5H3F6NO. The van der Waals surface area contributed by atoms with Crippen molar-refractivity contribution in [1.82, 2.24) is 0 Å². The Hall–Kier alpha value is -0.950. The third kappa shape index (κ3) is 1.24. The molecule has 0 amide bonds. The van der Waals surface area contributed by atoms with Crippen LogP contribution in [0.5, 0.6) is 0 Å². The molecule has 0 spiro atoms. The summed E-state index contributed by atoms with van der Waals surface area (Å²) < 4.78 is 75.9. The molecule has 13 heavy (non-hydrogen) atoms. The maximum Gasteiger partial charge on any atom is 0.465 e. The quantitative estimate of drug-likeness (QED) is 0.441. The van der Waals surface area contributed by atoms with Crippen LogP contribution in [0.25, 0.3) is 0 Å². The van der Waals surface area contributed by atoms with Crippen LogP contribution in [-0.4, -0.2) is 24.0 Å². The van der Waals surface area contributed by atoms with Crippen LogP contribution in [0.1, 0.15) is 6.92 Å². The van der Waals surface area contributed by atoms with Crippen LogP contribution in [0.15, 0.2) is 4.99 Å². The fraction of sp³-hybridized carbons (Fsp3) is 0.800. The van der Waals surface area contributed by atoms with Crippen molar-refractivity contribution in [2.45, 2.75) is 25.0 Å². The summed E-state index contributed by atoms with van der Waals surface area (Å²) in [6.45, 7) is 0.709. The van der Waals surface area contributed by atoms with Crippen molar-refractivity contribution in [2.75, 3.05) is 0 Å². The van der Waals surface area contributed by atoms with E-state index in [1.165, 1.54) is 0 Å². The molecule has 0 aromatic heterocycles. The minimum atomic E-state index is -5.80. The molecular weight excluding hydrogens is 204 g/mol. The van der Waals surface area contributed by atoms with Crippen LogP contribution in [0.2, 0.25) is 0 Å². The van der Waals surface area contributed by atoms with E-state index in [0.717, 1.165) is 0 Å². The highest BCUT2D eigenvalue weighted by atomic mass is 19.4. The summed E-state index contributed by atoms with van der Waals surface area (Å²) in [6, 6.07) is 0. The zero-order valence-corrected chi connectivity index (χ0v) is 6.12. The van der Waals surface area contributed by atoms with E-state index in [0.29, 0.717) is 6.92 Å². The molecule has 0 saturated carbocycles. The maximum absolute atomic E-state index is 12.7. The Morgan fingerprint density at radius 1 is 1.23 bits per heavy atom. The van der Waals surface area contributed by atoms with E-state index in [4.69, 9.17) is 0 Å². The van der Waals surface area contributed by atoms with Crippen molar-refractivity contribution in [1.29, 1.82) is 0 Å². The number of hydrogen-bond acceptors (Lipinski definition) is 2. The average Bonchev–Trinajstić information content (AvgIpc) is 2.00. The molecule has 2 nitrogen and oxygen atoms in total. The van der Waals surface area contributed by atoms with Gasteiger partial charge in [-0.2, -0.15) is 31.3 Å². The summed E-state index contributed by atoms with van der Waals surface area (Å²) in [7, 11) is 0. The zero-order valence-electron chi connectivity index (χ0n) is 6.12. The number of halogens is 6. The highest BCUT2D eigenvalue weighted by Crippen LogP contribution is 2.50. The lowest BCUT2D eigenvalue weighted by molar-refractivity contribution is -0.345. The summed E-state index contributed by atoms with van der Waals surface area (Å²) in [5, 5.41) is 0. The van der Waals surface area contributed by atoms with Gasteiger partial charge in [0, 0.05) is 6.92 Å². The van der Waals surface area contributed by atoms with E-state index in [2.05, 4.69) is 9.73 Å². The number of aliphatic imine (C=N–C) groups is 1. The van der Waals surface area contributed by atoms with Crippen LogP contribution in [0, 0.1) is 0 Å². The lowest BCUT2D eigenvalue weighted by atomic mass is 10.2. The number of hydrogen-bond donors (Lipinski definition) is 0. The monoisotopic (exact) mass is 207 g/mol. The highest BCUT2D eigenvalue weighted by Gasteiger charge is 2.77. The summed E-state index contributed by atoms with van der Waals surface area (Å²) >= 11 is 0. The third-order valence-electron chi connectivity index (χ3n) is 1.35. The first kappa shape index (κ1) is 10.1. The summed E-state index contributed by atoms with van der Waals surface area (Å²) in [5.74, 6) is -6.01. The molecule has 0 fully saturated rings. The molecule has 1 heterocycles. The second-order valence-electron chi connectivity index (χ2n) is 2.37. The largest absolute Gasteiger partial charge is 0.465 e. The smallest absolute Gasteiger partial charge is 0.415 e. The Morgan fingerprint density at radius 2 is 1.69 bits per heavy atom. The Labute approximate surface area is 68.2 Å². The van der Waals surface area contributed by atoms with Gasteiger partial charge < -0.3 is 4.74 Å². The topological polar surface area (TPSA) is 21.6 Å². The van der Waals surface area contributed by atoms with Crippen molar-refractivity contribution < 1.29 is 31.1 Å². The van der Waals surface area contributed by atoms with Gasteiger partial charge in [0.1, 0.15) is 0 Å². The number of nitrogens with zero attached hydrogens (tertiary/aromatic N) is 1. The fourth-order valence-electron chi connectivity index (χ4n) is 0.786. The van der Waals surface area contributed by atoms with Crippen molar-refractivity contribution in [3.05, 3.63) is 0 Å². The first-order valence-electron chi connectivity index (χ1n) is 2.99.